The molecule has 3 saturated heterocycles. The number of fused-ring (bicyclic) bond motifs is 1. The molecule has 6 nitrogen and oxygen atoms in total. The Morgan fingerprint density at radius 2 is 1.52 bits per heavy atom. The third-order valence-corrected chi connectivity index (χ3v) is 7.99. The van der Waals surface area contributed by atoms with Crippen LogP contribution >= 0.6 is 0 Å². The van der Waals surface area contributed by atoms with Crippen LogP contribution in [0.3, 0.4) is 0 Å². The third-order valence-electron chi connectivity index (χ3n) is 7.99. The van der Waals surface area contributed by atoms with Crippen molar-refractivity contribution >= 4 is 5.91 Å². The molecular formula is C25H33N5O. The van der Waals surface area contributed by atoms with Gasteiger partial charge in [-0.1, -0.05) is 12.1 Å². The van der Waals surface area contributed by atoms with Gasteiger partial charge >= 0.3 is 0 Å². The van der Waals surface area contributed by atoms with Crippen molar-refractivity contribution in [1.29, 1.82) is 0 Å². The number of hydrogen-bond donors (Lipinski definition) is 0. The summed E-state index contributed by atoms with van der Waals surface area (Å²) in [6, 6.07) is 8.33. The van der Waals surface area contributed by atoms with Gasteiger partial charge < -0.3 is 4.90 Å². The van der Waals surface area contributed by atoms with E-state index in [2.05, 4.69) is 43.7 Å². The van der Waals surface area contributed by atoms with Crippen LogP contribution in [0.1, 0.15) is 37.3 Å². The molecular weight excluding hydrogens is 386 g/mol. The maximum atomic E-state index is 13.7. The summed E-state index contributed by atoms with van der Waals surface area (Å²) < 4.78 is 0. The summed E-state index contributed by atoms with van der Waals surface area (Å²) >= 11 is 0. The lowest BCUT2D eigenvalue weighted by molar-refractivity contribution is -0.142. The fourth-order valence-electron chi connectivity index (χ4n) is 6.35. The molecule has 5 heterocycles. The molecule has 0 saturated carbocycles. The van der Waals surface area contributed by atoms with E-state index in [9.17, 15) is 4.79 Å². The van der Waals surface area contributed by atoms with Crippen molar-refractivity contribution in [2.45, 2.75) is 39.3 Å². The average Bonchev–Trinajstić information content (AvgIpc) is 3.28. The zero-order valence-electron chi connectivity index (χ0n) is 18.5. The van der Waals surface area contributed by atoms with Gasteiger partial charge in [-0.15, -0.1) is 0 Å². The van der Waals surface area contributed by atoms with Crippen LogP contribution in [0.15, 0.2) is 49.1 Å². The highest BCUT2D eigenvalue weighted by molar-refractivity contribution is 5.86. The maximum absolute atomic E-state index is 13.7. The van der Waals surface area contributed by atoms with E-state index in [1.54, 1.807) is 0 Å². The Hall–Kier alpha value is -2.31. The van der Waals surface area contributed by atoms with E-state index in [1.165, 1.54) is 11.1 Å². The zero-order chi connectivity index (χ0) is 21.3. The van der Waals surface area contributed by atoms with Crippen LogP contribution in [0.4, 0.5) is 0 Å². The molecule has 2 spiro atoms. The van der Waals surface area contributed by atoms with E-state index in [-0.39, 0.29) is 10.8 Å². The summed E-state index contributed by atoms with van der Waals surface area (Å²) in [4.78, 5) is 29.4. The summed E-state index contributed by atoms with van der Waals surface area (Å²) in [6.45, 7) is 9.70. The first-order chi connectivity index (χ1) is 15.1. The summed E-state index contributed by atoms with van der Waals surface area (Å²) in [5.41, 5.74) is 2.38. The third kappa shape index (κ3) is 3.66. The van der Waals surface area contributed by atoms with E-state index < -0.39 is 0 Å². The summed E-state index contributed by atoms with van der Waals surface area (Å²) in [5.74, 6) is 0.407. The van der Waals surface area contributed by atoms with Crippen LogP contribution in [0, 0.1) is 10.8 Å². The number of carbonyl (C=O) groups excluding carboxylic acids is 1. The molecule has 1 atom stereocenters. The van der Waals surface area contributed by atoms with E-state index in [4.69, 9.17) is 0 Å². The van der Waals surface area contributed by atoms with Gasteiger partial charge in [0.2, 0.25) is 5.91 Å². The minimum absolute atomic E-state index is 0.0850. The monoisotopic (exact) mass is 419 g/mol. The van der Waals surface area contributed by atoms with Gasteiger partial charge in [-0.05, 0) is 62.5 Å². The molecule has 5 rings (SSSR count). The van der Waals surface area contributed by atoms with Crippen LogP contribution in [0.2, 0.25) is 0 Å². The molecule has 6 heteroatoms. The Labute approximate surface area is 185 Å². The Balaban J connectivity index is 1.35. The molecule has 0 bridgehead atoms. The number of nitrogens with zero attached hydrogens (tertiary/aromatic N) is 5. The molecule has 0 aliphatic carbocycles. The molecule has 3 fully saturated rings. The number of rotatable bonds is 5. The minimum Gasteiger partial charge on any atom is -0.342 e. The highest BCUT2D eigenvalue weighted by Crippen LogP contribution is 2.58. The van der Waals surface area contributed by atoms with Gasteiger partial charge in [0.05, 0.1) is 5.41 Å². The second-order valence-electron chi connectivity index (χ2n) is 9.64. The lowest BCUT2D eigenvalue weighted by Gasteiger charge is -2.47. The van der Waals surface area contributed by atoms with Crippen LogP contribution in [-0.4, -0.2) is 69.8 Å². The molecule has 1 amide bonds. The first kappa shape index (κ1) is 20.6. The average molecular weight is 420 g/mol. The van der Waals surface area contributed by atoms with Gasteiger partial charge in [0.25, 0.3) is 0 Å². The zero-order valence-corrected chi connectivity index (χ0v) is 18.5. The first-order valence-corrected chi connectivity index (χ1v) is 11.7. The van der Waals surface area contributed by atoms with Crippen molar-refractivity contribution in [1.82, 2.24) is 24.7 Å². The standard InChI is InChI=1S/C25H33N5O/c1-2-30-14-9-25(23(30)31)20-29(18-22-6-4-11-27-16-22)19-24(25)7-12-28(13-8-24)17-21-5-3-10-26-15-21/h3-6,10-11,15-16H,2,7-9,12-14,17-20H2,1H3/t25-/m0/s1. The molecule has 31 heavy (non-hydrogen) atoms. The van der Waals surface area contributed by atoms with Gasteiger partial charge in [-0.3, -0.25) is 24.6 Å². The molecule has 2 aromatic heterocycles. The number of likely N-dealkylation sites (tertiary alicyclic amines) is 3. The Morgan fingerprint density at radius 1 is 0.871 bits per heavy atom. The lowest BCUT2D eigenvalue weighted by Crippen LogP contribution is -2.52. The lowest BCUT2D eigenvalue weighted by atomic mass is 9.60. The van der Waals surface area contributed by atoms with Gasteiger partial charge in [-0.2, -0.15) is 0 Å². The predicted molar refractivity (Wildman–Crippen MR) is 120 cm³/mol. The SMILES string of the molecule is CCN1CC[C@]2(CN(Cc3cccnc3)CC23CCN(Cc2cccnc2)CC3)C1=O. The fraction of sp³-hybridized carbons (Fsp3) is 0.560. The molecule has 0 radical (unpaired) electrons. The quantitative estimate of drug-likeness (QED) is 0.746. The first-order valence-electron chi connectivity index (χ1n) is 11.7. The fourth-order valence-corrected chi connectivity index (χ4v) is 6.35. The number of carbonyl (C=O) groups is 1. The van der Waals surface area contributed by atoms with E-state index in [1.807, 2.05) is 36.9 Å². The molecule has 164 valence electrons. The van der Waals surface area contributed by atoms with E-state index >= 15 is 0 Å². The summed E-state index contributed by atoms with van der Waals surface area (Å²) in [7, 11) is 0. The van der Waals surface area contributed by atoms with Crippen LogP contribution in [0.5, 0.6) is 0 Å². The smallest absolute Gasteiger partial charge is 0.230 e. The van der Waals surface area contributed by atoms with E-state index in [0.717, 1.165) is 71.6 Å². The molecule has 2 aromatic rings. The van der Waals surface area contributed by atoms with Crippen molar-refractivity contribution in [3.8, 4) is 0 Å². The molecule has 3 aliphatic rings. The number of pyridine rings is 2. The van der Waals surface area contributed by atoms with Crippen molar-refractivity contribution in [2.24, 2.45) is 10.8 Å². The summed E-state index contributed by atoms with van der Waals surface area (Å²) in [5, 5.41) is 0. The Morgan fingerprint density at radius 3 is 2.06 bits per heavy atom. The maximum Gasteiger partial charge on any atom is 0.230 e. The summed E-state index contributed by atoms with van der Waals surface area (Å²) in [6.07, 6.45) is 10.8. The second-order valence-corrected chi connectivity index (χ2v) is 9.64. The van der Waals surface area contributed by atoms with Crippen molar-refractivity contribution in [3.63, 3.8) is 0 Å². The van der Waals surface area contributed by atoms with Crippen molar-refractivity contribution < 1.29 is 4.79 Å². The number of aromatic nitrogens is 2. The highest BCUT2D eigenvalue weighted by Gasteiger charge is 2.64. The molecule has 3 aliphatic heterocycles. The highest BCUT2D eigenvalue weighted by atomic mass is 16.2. The topological polar surface area (TPSA) is 52.6 Å². The molecule has 0 N–H and O–H groups in total. The van der Waals surface area contributed by atoms with Crippen molar-refractivity contribution in [2.75, 3.05) is 39.3 Å². The predicted octanol–water partition coefficient (Wildman–Crippen LogP) is 2.81. The van der Waals surface area contributed by atoms with Gasteiger partial charge in [-0.25, -0.2) is 0 Å². The number of hydrogen-bond acceptors (Lipinski definition) is 5. The number of amides is 1. The Bertz CT molecular complexity index is 897. The number of piperidine rings is 1. The van der Waals surface area contributed by atoms with E-state index in [0.29, 0.717) is 5.91 Å². The largest absolute Gasteiger partial charge is 0.342 e. The van der Waals surface area contributed by atoms with Gasteiger partial charge in [0, 0.05) is 69.5 Å². The van der Waals surface area contributed by atoms with Crippen LogP contribution in [0.25, 0.3) is 0 Å². The second kappa shape index (κ2) is 8.32. The Kier molecular flexibility index (Phi) is 5.52. The molecule has 0 unspecified atom stereocenters. The van der Waals surface area contributed by atoms with Crippen LogP contribution < -0.4 is 0 Å². The minimum atomic E-state index is -0.217. The molecule has 0 aromatic carbocycles. The normalized spacial score (nSPS) is 26.4. The van der Waals surface area contributed by atoms with Crippen LogP contribution in [-0.2, 0) is 17.9 Å². The van der Waals surface area contributed by atoms with Gasteiger partial charge in [0.15, 0.2) is 0 Å². The van der Waals surface area contributed by atoms with Crippen molar-refractivity contribution in [3.05, 3.63) is 60.2 Å². The van der Waals surface area contributed by atoms with Gasteiger partial charge in [0.1, 0.15) is 0 Å².